The second-order valence-corrected chi connectivity index (χ2v) is 5.12. The molecule has 0 fully saturated rings. The predicted molar refractivity (Wildman–Crippen MR) is 76.3 cm³/mol. The molecule has 0 aliphatic rings. The molecule has 0 unspecified atom stereocenters. The molecule has 0 heterocycles. The van der Waals surface area contributed by atoms with Crippen LogP contribution in [0.15, 0.2) is 34.8 Å². The number of carbonyl (C=O) groups is 1. The van der Waals surface area contributed by atoms with Gasteiger partial charge < -0.3 is 11.1 Å². The summed E-state index contributed by atoms with van der Waals surface area (Å²) in [6.07, 6.45) is 0. The largest absolute Gasteiger partial charge is 0.378 e. The Labute approximate surface area is 127 Å². The van der Waals surface area contributed by atoms with Crippen molar-refractivity contribution in [1.82, 2.24) is 0 Å². The fourth-order valence-electron chi connectivity index (χ4n) is 1.74. The average molecular weight is 359 g/mol. The molecule has 0 atom stereocenters. The zero-order valence-electron chi connectivity index (χ0n) is 10.6. The number of primary amides is 1. The van der Waals surface area contributed by atoms with Gasteiger partial charge in [0.1, 0.15) is 17.5 Å². The summed E-state index contributed by atoms with van der Waals surface area (Å²) in [4.78, 5) is 10.9. The van der Waals surface area contributed by atoms with E-state index in [0.717, 1.165) is 18.2 Å². The van der Waals surface area contributed by atoms with E-state index in [1.165, 1.54) is 12.1 Å². The van der Waals surface area contributed by atoms with Crippen molar-refractivity contribution in [3.05, 3.63) is 63.4 Å². The number of rotatable bonds is 4. The Morgan fingerprint density at radius 2 is 1.86 bits per heavy atom. The standard InChI is InChI=1S/C14H10BrF3N2O/c15-10-4-9(16)5-12(18)13(10)20-6-8-2-1-7(14(19)21)3-11(8)17/h1-5,20H,6H2,(H2,19,21). The maximum absolute atomic E-state index is 13.8. The molecule has 7 heteroatoms. The quantitative estimate of drug-likeness (QED) is 0.877. The molecule has 110 valence electrons. The first-order valence-electron chi connectivity index (χ1n) is 5.85. The van der Waals surface area contributed by atoms with Crippen LogP contribution in [0.4, 0.5) is 18.9 Å². The molecule has 0 aromatic heterocycles. The summed E-state index contributed by atoms with van der Waals surface area (Å²) >= 11 is 3.02. The number of benzene rings is 2. The van der Waals surface area contributed by atoms with Gasteiger partial charge in [0.2, 0.25) is 5.91 Å². The molecule has 2 aromatic carbocycles. The molecule has 0 radical (unpaired) electrons. The average Bonchev–Trinajstić information content (AvgIpc) is 2.38. The third-order valence-corrected chi connectivity index (χ3v) is 3.43. The molecule has 0 saturated heterocycles. The fraction of sp³-hybridized carbons (Fsp3) is 0.0714. The van der Waals surface area contributed by atoms with Gasteiger partial charge in [-0.05, 0) is 34.1 Å². The first kappa shape index (κ1) is 15.4. The van der Waals surface area contributed by atoms with E-state index in [0.29, 0.717) is 0 Å². The lowest BCUT2D eigenvalue weighted by atomic mass is 10.1. The van der Waals surface area contributed by atoms with Gasteiger partial charge in [-0.1, -0.05) is 6.07 Å². The maximum Gasteiger partial charge on any atom is 0.248 e. The lowest BCUT2D eigenvalue weighted by molar-refractivity contribution is 0.1000. The first-order valence-corrected chi connectivity index (χ1v) is 6.64. The Bertz CT molecular complexity index is 684. The highest BCUT2D eigenvalue weighted by atomic mass is 79.9. The van der Waals surface area contributed by atoms with Crippen molar-refractivity contribution in [3.8, 4) is 0 Å². The Balaban J connectivity index is 2.19. The van der Waals surface area contributed by atoms with Crippen LogP contribution in [0.2, 0.25) is 0 Å². The lowest BCUT2D eigenvalue weighted by Gasteiger charge is -2.11. The molecular weight excluding hydrogens is 349 g/mol. The summed E-state index contributed by atoms with van der Waals surface area (Å²) in [6.45, 7) is -0.0357. The minimum Gasteiger partial charge on any atom is -0.378 e. The monoisotopic (exact) mass is 358 g/mol. The van der Waals surface area contributed by atoms with E-state index in [1.807, 2.05) is 0 Å². The van der Waals surface area contributed by atoms with E-state index in [1.54, 1.807) is 0 Å². The van der Waals surface area contributed by atoms with Gasteiger partial charge in [-0.3, -0.25) is 4.79 Å². The van der Waals surface area contributed by atoms with Gasteiger partial charge in [0, 0.05) is 28.2 Å². The SMILES string of the molecule is NC(=O)c1ccc(CNc2c(F)cc(F)cc2Br)c(F)c1. The van der Waals surface area contributed by atoms with Crippen LogP contribution in [0.1, 0.15) is 15.9 Å². The number of hydrogen-bond donors (Lipinski definition) is 2. The zero-order chi connectivity index (χ0) is 15.6. The van der Waals surface area contributed by atoms with E-state index >= 15 is 0 Å². The van der Waals surface area contributed by atoms with Gasteiger partial charge in [0.15, 0.2) is 0 Å². The third kappa shape index (κ3) is 3.55. The van der Waals surface area contributed by atoms with Crippen LogP contribution in [0.3, 0.4) is 0 Å². The molecule has 2 aromatic rings. The van der Waals surface area contributed by atoms with E-state index in [2.05, 4.69) is 21.2 Å². The highest BCUT2D eigenvalue weighted by molar-refractivity contribution is 9.10. The van der Waals surface area contributed by atoms with Gasteiger partial charge in [-0.15, -0.1) is 0 Å². The second-order valence-electron chi connectivity index (χ2n) is 4.27. The zero-order valence-corrected chi connectivity index (χ0v) is 12.2. The molecule has 0 spiro atoms. The van der Waals surface area contributed by atoms with Crippen LogP contribution in [0, 0.1) is 17.5 Å². The van der Waals surface area contributed by atoms with Gasteiger partial charge in [-0.2, -0.15) is 0 Å². The van der Waals surface area contributed by atoms with E-state index < -0.39 is 23.4 Å². The molecule has 1 amide bonds. The molecule has 0 aliphatic heterocycles. The van der Waals surface area contributed by atoms with Crippen molar-refractivity contribution in [2.45, 2.75) is 6.54 Å². The van der Waals surface area contributed by atoms with Gasteiger partial charge >= 0.3 is 0 Å². The van der Waals surface area contributed by atoms with Crippen LogP contribution in [-0.2, 0) is 6.54 Å². The maximum atomic E-state index is 13.8. The molecule has 0 aliphatic carbocycles. The Morgan fingerprint density at radius 1 is 1.14 bits per heavy atom. The number of anilines is 1. The van der Waals surface area contributed by atoms with Gasteiger partial charge in [0.25, 0.3) is 0 Å². The second kappa shape index (κ2) is 6.17. The Kier molecular flexibility index (Phi) is 4.52. The molecule has 0 bridgehead atoms. The van der Waals surface area contributed by atoms with Crippen molar-refractivity contribution >= 4 is 27.5 Å². The normalized spacial score (nSPS) is 10.5. The van der Waals surface area contributed by atoms with Crippen molar-refractivity contribution in [3.63, 3.8) is 0 Å². The summed E-state index contributed by atoms with van der Waals surface area (Å²) in [6, 6.07) is 5.57. The number of halogens is 4. The van der Waals surface area contributed by atoms with Crippen LogP contribution >= 0.6 is 15.9 Å². The summed E-state index contributed by atoms with van der Waals surface area (Å²) in [7, 11) is 0. The highest BCUT2D eigenvalue weighted by Crippen LogP contribution is 2.27. The third-order valence-electron chi connectivity index (χ3n) is 2.80. The molecule has 3 N–H and O–H groups in total. The predicted octanol–water partition coefficient (Wildman–Crippen LogP) is 3.58. The van der Waals surface area contributed by atoms with Crippen LogP contribution in [0.5, 0.6) is 0 Å². The molecule has 2 rings (SSSR count). The van der Waals surface area contributed by atoms with E-state index in [-0.39, 0.29) is 27.8 Å². The minimum absolute atomic E-state index is 0.0229. The van der Waals surface area contributed by atoms with Crippen molar-refractivity contribution < 1.29 is 18.0 Å². The van der Waals surface area contributed by atoms with Crippen LogP contribution < -0.4 is 11.1 Å². The molecule has 3 nitrogen and oxygen atoms in total. The summed E-state index contributed by atoms with van der Waals surface area (Å²) in [5.74, 6) is -2.89. The Hall–Kier alpha value is -2.02. The molecular formula is C14H10BrF3N2O. The molecule has 21 heavy (non-hydrogen) atoms. The van der Waals surface area contributed by atoms with Crippen molar-refractivity contribution in [1.29, 1.82) is 0 Å². The number of carbonyl (C=O) groups excluding carboxylic acids is 1. The Morgan fingerprint density at radius 3 is 2.43 bits per heavy atom. The summed E-state index contributed by atoms with van der Waals surface area (Å²) in [5, 5.41) is 2.67. The van der Waals surface area contributed by atoms with Crippen molar-refractivity contribution in [2.75, 3.05) is 5.32 Å². The summed E-state index contributed by atoms with van der Waals surface area (Å²) < 4.78 is 40.5. The van der Waals surface area contributed by atoms with Crippen LogP contribution in [-0.4, -0.2) is 5.91 Å². The lowest BCUT2D eigenvalue weighted by Crippen LogP contribution is -2.12. The topological polar surface area (TPSA) is 55.1 Å². The van der Waals surface area contributed by atoms with E-state index in [4.69, 9.17) is 5.73 Å². The summed E-state index contributed by atoms with van der Waals surface area (Å²) in [5.41, 5.74) is 5.33. The highest BCUT2D eigenvalue weighted by Gasteiger charge is 2.11. The number of hydrogen-bond acceptors (Lipinski definition) is 2. The number of nitrogens with two attached hydrogens (primary N) is 1. The van der Waals surface area contributed by atoms with Gasteiger partial charge in [0.05, 0.1) is 5.69 Å². The minimum atomic E-state index is -0.795. The number of amides is 1. The van der Waals surface area contributed by atoms with E-state index in [9.17, 15) is 18.0 Å². The number of nitrogens with one attached hydrogen (secondary N) is 1. The van der Waals surface area contributed by atoms with Gasteiger partial charge in [-0.25, -0.2) is 13.2 Å². The van der Waals surface area contributed by atoms with Crippen LogP contribution in [0.25, 0.3) is 0 Å². The van der Waals surface area contributed by atoms with Crippen molar-refractivity contribution in [2.24, 2.45) is 5.73 Å². The smallest absolute Gasteiger partial charge is 0.248 e. The fourth-order valence-corrected chi connectivity index (χ4v) is 2.29. The first-order chi connectivity index (χ1) is 9.88. The molecule has 0 saturated carbocycles.